The molecule has 2 aromatic rings. The van der Waals surface area contributed by atoms with Crippen LogP contribution in [0.25, 0.3) is 0 Å². The summed E-state index contributed by atoms with van der Waals surface area (Å²) in [7, 11) is 1.58. The van der Waals surface area contributed by atoms with E-state index in [0.717, 1.165) is 30.2 Å². The molecule has 128 valence electrons. The van der Waals surface area contributed by atoms with E-state index in [1.54, 1.807) is 24.5 Å². The predicted octanol–water partition coefficient (Wildman–Crippen LogP) is 3.28. The van der Waals surface area contributed by atoms with Crippen LogP contribution in [0.2, 0.25) is 0 Å². The number of carbonyl (C=O) groups is 1. The molecule has 1 amide bonds. The zero-order valence-electron chi connectivity index (χ0n) is 14.0. The van der Waals surface area contributed by atoms with Crippen LogP contribution in [-0.4, -0.2) is 42.2 Å². The second-order valence-electron chi connectivity index (χ2n) is 5.90. The van der Waals surface area contributed by atoms with Gasteiger partial charge in [-0.3, -0.25) is 4.79 Å². The number of hydrogen-bond donors (Lipinski definition) is 0. The number of rotatable bonds is 6. The number of carbonyl (C=O) groups excluding carboxylic acids is 1. The third-order valence-corrected chi connectivity index (χ3v) is 5.02. The van der Waals surface area contributed by atoms with Crippen molar-refractivity contribution < 1.29 is 14.3 Å². The molecule has 3 rings (SSSR count). The minimum atomic E-state index is -0.0456. The molecule has 0 radical (unpaired) electrons. The van der Waals surface area contributed by atoms with E-state index < -0.39 is 0 Å². The average molecular weight is 346 g/mol. The van der Waals surface area contributed by atoms with E-state index in [9.17, 15) is 4.79 Å². The Morgan fingerprint density at radius 1 is 1.46 bits per heavy atom. The highest BCUT2D eigenvalue weighted by molar-refractivity contribution is 7.09. The van der Waals surface area contributed by atoms with Crippen molar-refractivity contribution in [2.75, 3.05) is 20.3 Å². The van der Waals surface area contributed by atoms with Crippen LogP contribution >= 0.6 is 11.3 Å². The molecule has 0 bridgehead atoms. The van der Waals surface area contributed by atoms with Gasteiger partial charge in [0, 0.05) is 24.2 Å². The molecule has 6 heteroatoms. The number of methoxy groups -OCH3 is 1. The van der Waals surface area contributed by atoms with Gasteiger partial charge in [-0.05, 0) is 31.9 Å². The van der Waals surface area contributed by atoms with E-state index in [0.29, 0.717) is 24.4 Å². The smallest absolute Gasteiger partial charge is 0.258 e. The molecule has 0 aliphatic carbocycles. The molecule has 5 nitrogen and oxygen atoms in total. The van der Waals surface area contributed by atoms with Crippen molar-refractivity contribution in [1.82, 2.24) is 9.88 Å². The Morgan fingerprint density at radius 2 is 2.29 bits per heavy atom. The number of aryl methyl sites for hydroxylation is 1. The lowest BCUT2D eigenvalue weighted by molar-refractivity contribution is 0.0504. The molecule has 1 saturated heterocycles. The average Bonchev–Trinajstić information content (AvgIpc) is 3.25. The summed E-state index contributed by atoms with van der Waals surface area (Å²) in [6.07, 6.45) is 2.15. The standard InChI is InChI=1S/C18H22N2O3S/c1-13-12-24-17(19-13)11-20(10-14-6-5-9-23-14)18(21)15-7-3-4-8-16(15)22-2/h3-4,7-8,12,14H,5-6,9-11H2,1-2H3/t14-/m0/s1. The number of hydrogen-bond acceptors (Lipinski definition) is 5. The molecule has 0 saturated carbocycles. The van der Waals surface area contributed by atoms with Crippen LogP contribution in [0.5, 0.6) is 5.75 Å². The molecular formula is C18H22N2O3S. The SMILES string of the molecule is COc1ccccc1C(=O)N(Cc1nc(C)cs1)C[C@@H]1CCCO1. The molecule has 1 fully saturated rings. The Hall–Kier alpha value is -1.92. The van der Waals surface area contributed by atoms with Crippen LogP contribution in [-0.2, 0) is 11.3 Å². The van der Waals surface area contributed by atoms with Crippen molar-refractivity contribution in [3.05, 3.63) is 45.9 Å². The predicted molar refractivity (Wildman–Crippen MR) is 93.6 cm³/mol. The molecular weight excluding hydrogens is 324 g/mol. The first-order valence-electron chi connectivity index (χ1n) is 8.12. The second kappa shape index (κ2) is 7.77. The fourth-order valence-electron chi connectivity index (χ4n) is 2.88. The second-order valence-corrected chi connectivity index (χ2v) is 6.85. The van der Waals surface area contributed by atoms with Gasteiger partial charge >= 0.3 is 0 Å². The highest BCUT2D eigenvalue weighted by atomic mass is 32.1. The van der Waals surface area contributed by atoms with Crippen molar-refractivity contribution in [3.8, 4) is 5.75 Å². The van der Waals surface area contributed by atoms with Gasteiger partial charge in [0.1, 0.15) is 10.8 Å². The molecule has 2 heterocycles. The van der Waals surface area contributed by atoms with Crippen molar-refractivity contribution in [3.63, 3.8) is 0 Å². The summed E-state index contributed by atoms with van der Waals surface area (Å²) in [5.74, 6) is 0.547. The molecule has 0 spiro atoms. The highest BCUT2D eigenvalue weighted by Crippen LogP contribution is 2.23. The zero-order valence-corrected chi connectivity index (χ0v) is 14.8. The lowest BCUT2D eigenvalue weighted by Crippen LogP contribution is -2.37. The first-order chi connectivity index (χ1) is 11.7. The number of benzene rings is 1. The zero-order chi connectivity index (χ0) is 16.9. The summed E-state index contributed by atoms with van der Waals surface area (Å²) < 4.78 is 11.1. The van der Waals surface area contributed by atoms with Crippen LogP contribution in [0, 0.1) is 6.92 Å². The first kappa shape index (κ1) is 16.9. The maximum atomic E-state index is 13.1. The molecule has 0 N–H and O–H groups in total. The first-order valence-corrected chi connectivity index (χ1v) is 9.00. The van der Waals surface area contributed by atoms with E-state index >= 15 is 0 Å². The summed E-state index contributed by atoms with van der Waals surface area (Å²) in [5.41, 5.74) is 1.56. The Kier molecular flexibility index (Phi) is 5.48. The summed E-state index contributed by atoms with van der Waals surface area (Å²) in [6.45, 7) is 3.81. The molecule has 24 heavy (non-hydrogen) atoms. The minimum absolute atomic E-state index is 0.0456. The van der Waals surface area contributed by atoms with Gasteiger partial charge in [0.15, 0.2) is 0 Å². The Bertz CT molecular complexity index is 695. The lowest BCUT2D eigenvalue weighted by atomic mass is 10.1. The van der Waals surface area contributed by atoms with Gasteiger partial charge in [-0.15, -0.1) is 11.3 Å². The van der Waals surface area contributed by atoms with E-state index in [1.807, 2.05) is 35.4 Å². The summed E-state index contributed by atoms with van der Waals surface area (Å²) >= 11 is 1.58. The number of nitrogens with zero attached hydrogens (tertiary/aromatic N) is 2. The number of aromatic nitrogens is 1. The van der Waals surface area contributed by atoms with Gasteiger partial charge in [-0.1, -0.05) is 12.1 Å². The quantitative estimate of drug-likeness (QED) is 0.805. The molecule has 1 aromatic carbocycles. The molecule has 1 aliphatic heterocycles. The van der Waals surface area contributed by atoms with Crippen molar-refractivity contribution in [2.45, 2.75) is 32.4 Å². The van der Waals surface area contributed by atoms with Crippen molar-refractivity contribution in [1.29, 1.82) is 0 Å². The van der Waals surface area contributed by atoms with Gasteiger partial charge in [-0.2, -0.15) is 0 Å². The van der Waals surface area contributed by atoms with E-state index in [-0.39, 0.29) is 12.0 Å². The van der Waals surface area contributed by atoms with E-state index in [2.05, 4.69) is 4.98 Å². The maximum absolute atomic E-state index is 13.1. The van der Waals surface area contributed by atoms with Gasteiger partial charge in [0.25, 0.3) is 5.91 Å². The number of ether oxygens (including phenoxy) is 2. The highest BCUT2D eigenvalue weighted by Gasteiger charge is 2.26. The fourth-order valence-corrected chi connectivity index (χ4v) is 3.67. The van der Waals surface area contributed by atoms with Crippen LogP contribution in [0.4, 0.5) is 0 Å². The van der Waals surface area contributed by atoms with Crippen LogP contribution < -0.4 is 4.74 Å². The maximum Gasteiger partial charge on any atom is 0.258 e. The fraction of sp³-hybridized carbons (Fsp3) is 0.444. The molecule has 0 unspecified atom stereocenters. The molecule has 1 aromatic heterocycles. The monoisotopic (exact) mass is 346 g/mol. The minimum Gasteiger partial charge on any atom is -0.496 e. The van der Waals surface area contributed by atoms with Gasteiger partial charge in [0.2, 0.25) is 0 Å². The summed E-state index contributed by atoms with van der Waals surface area (Å²) in [6, 6.07) is 7.33. The van der Waals surface area contributed by atoms with Crippen LogP contribution in [0.1, 0.15) is 33.9 Å². The Morgan fingerprint density at radius 3 is 2.96 bits per heavy atom. The summed E-state index contributed by atoms with van der Waals surface area (Å²) in [4.78, 5) is 19.4. The van der Waals surface area contributed by atoms with Gasteiger partial charge < -0.3 is 14.4 Å². The van der Waals surface area contributed by atoms with Gasteiger partial charge in [0.05, 0.1) is 25.3 Å². The number of para-hydroxylation sites is 1. The Balaban J connectivity index is 1.83. The van der Waals surface area contributed by atoms with Crippen LogP contribution in [0.3, 0.4) is 0 Å². The van der Waals surface area contributed by atoms with Crippen molar-refractivity contribution in [2.24, 2.45) is 0 Å². The Labute approximate surface area is 146 Å². The third kappa shape index (κ3) is 3.94. The van der Waals surface area contributed by atoms with Crippen LogP contribution in [0.15, 0.2) is 29.6 Å². The largest absolute Gasteiger partial charge is 0.496 e. The molecule has 1 aliphatic rings. The lowest BCUT2D eigenvalue weighted by Gasteiger charge is -2.25. The van der Waals surface area contributed by atoms with E-state index in [4.69, 9.17) is 9.47 Å². The normalized spacial score (nSPS) is 17.0. The third-order valence-electron chi connectivity index (χ3n) is 4.07. The van der Waals surface area contributed by atoms with Gasteiger partial charge in [-0.25, -0.2) is 4.98 Å². The number of thiazole rings is 1. The summed E-state index contributed by atoms with van der Waals surface area (Å²) in [5, 5.41) is 2.95. The topological polar surface area (TPSA) is 51.7 Å². The molecule has 1 atom stereocenters. The van der Waals surface area contributed by atoms with Crippen molar-refractivity contribution >= 4 is 17.2 Å². The van der Waals surface area contributed by atoms with E-state index in [1.165, 1.54) is 0 Å². The number of amides is 1.